The molecule has 13 nitrogen and oxygen atoms in total. The van der Waals surface area contributed by atoms with Crippen LogP contribution < -0.4 is 24.8 Å². The lowest BCUT2D eigenvalue weighted by Crippen LogP contribution is -2.56. The van der Waals surface area contributed by atoms with Crippen LogP contribution in [0.3, 0.4) is 0 Å². The lowest BCUT2D eigenvalue weighted by atomic mass is 10.0. The average molecular weight is 740 g/mol. The van der Waals surface area contributed by atoms with Crippen molar-refractivity contribution in [3.05, 3.63) is 78.9 Å². The van der Waals surface area contributed by atoms with Crippen molar-refractivity contribution in [2.45, 2.75) is 74.4 Å². The molecule has 276 valence electrons. The van der Waals surface area contributed by atoms with Gasteiger partial charge in [-0.3, -0.25) is 19.2 Å². The third-order valence-corrected chi connectivity index (χ3v) is 11.7. The summed E-state index contributed by atoms with van der Waals surface area (Å²) in [6, 6.07) is 21.9. The summed E-state index contributed by atoms with van der Waals surface area (Å²) in [5, 5.41) is 6.27. The quantitative estimate of drug-likeness (QED) is 0.256. The number of methoxy groups -OCH3 is 1. The van der Waals surface area contributed by atoms with Crippen LogP contribution in [-0.4, -0.2) is 73.3 Å². The molecule has 7 rings (SSSR count). The number of carbonyl (C=O) groups excluding carboxylic acids is 4. The summed E-state index contributed by atoms with van der Waals surface area (Å²) in [7, 11) is -2.86. The molecule has 53 heavy (non-hydrogen) atoms. The van der Waals surface area contributed by atoms with Crippen LogP contribution >= 0.6 is 0 Å². The molecule has 3 heterocycles. The van der Waals surface area contributed by atoms with Gasteiger partial charge in [-0.15, -0.1) is 0 Å². The lowest BCUT2D eigenvalue weighted by molar-refractivity contribution is -0.138. The Hall–Kier alpha value is -5.50. The maximum absolute atomic E-state index is 14.1. The molecule has 2 aliphatic heterocycles. The number of likely N-dealkylation sites (tertiary alicyclic amines) is 1. The van der Waals surface area contributed by atoms with E-state index < -0.39 is 39.5 Å². The van der Waals surface area contributed by atoms with E-state index in [0.717, 1.165) is 17.4 Å². The smallest absolute Gasteiger partial charge is 0.266 e. The van der Waals surface area contributed by atoms with Gasteiger partial charge >= 0.3 is 0 Å². The van der Waals surface area contributed by atoms with Gasteiger partial charge in [0.2, 0.25) is 17.7 Å². The molecule has 3 N–H and O–H groups in total. The first-order valence-electron chi connectivity index (χ1n) is 17.7. The van der Waals surface area contributed by atoms with Crippen LogP contribution in [0.15, 0.2) is 83.8 Å². The predicted molar refractivity (Wildman–Crippen MR) is 196 cm³/mol. The third-order valence-electron chi connectivity index (χ3n) is 10.3. The summed E-state index contributed by atoms with van der Waals surface area (Å²) in [5.74, 6) is -1.25. The second-order valence-electron chi connectivity index (χ2n) is 13.9. The van der Waals surface area contributed by atoms with E-state index in [-0.39, 0.29) is 54.1 Å². The highest BCUT2D eigenvalue weighted by Crippen LogP contribution is 2.48. The van der Waals surface area contributed by atoms with Gasteiger partial charge in [-0.1, -0.05) is 55.3 Å². The van der Waals surface area contributed by atoms with E-state index in [1.165, 1.54) is 30.0 Å². The molecule has 0 bridgehead atoms. The van der Waals surface area contributed by atoms with Crippen LogP contribution in [0.4, 0.5) is 5.69 Å². The van der Waals surface area contributed by atoms with Crippen LogP contribution in [0.1, 0.15) is 51.9 Å². The second kappa shape index (κ2) is 14.5. The summed E-state index contributed by atoms with van der Waals surface area (Å²) in [6.07, 6.45) is 2.55. The number of para-hydroxylation sites is 1. The van der Waals surface area contributed by atoms with Crippen molar-refractivity contribution < 1.29 is 37.1 Å². The molecule has 4 atom stereocenters. The lowest BCUT2D eigenvalue weighted by Gasteiger charge is -2.26. The van der Waals surface area contributed by atoms with Gasteiger partial charge in [0.25, 0.3) is 15.9 Å². The van der Waals surface area contributed by atoms with Crippen LogP contribution in [0.5, 0.6) is 11.5 Å². The summed E-state index contributed by atoms with van der Waals surface area (Å²) in [4.78, 5) is 59.5. The number of rotatable bonds is 6. The maximum Gasteiger partial charge on any atom is 0.266 e. The van der Waals surface area contributed by atoms with E-state index in [2.05, 4.69) is 15.4 Å². The standard InChI is InChI=1S/C39H41N5O8S/c1-24(45)44-23-28(52-34-21-31(25-11-5-3-6-12-25)40-32-19-27(51-2)17-18-29(32)34)20-33(44)37(47)42-39-22-26(39)13-7-4-8-16-36(46)41-30-14-9-10-15-35(30)53(49,50)43-38(39)48/h3,5-6,9-12,14-15,17-19,21,26,28,33H,4,7-8,13,16,20,22-23H2,1-2H3,(H,41,46)(H,42,47)(H,43,48)/t26-,28+,33-,39+/m0/s1. The Morgan fingerprint density at radius 3 is 2.53 bits per heavy atom. The number of carbonyl (C=O) groups is 4. The first-order chi connectivity index (χ1) is 25.5. The molecule has 14 heteroatoms. The number of hydrogen-bond acceptors (Lipinski definition) is 9. The molecule has 0 unspecified atom stereocenters. The highest BCUT2D eigenvalue weighted by molar-refractivity contribution is 7.90. The van der Waals surface area contributed by atoms with Crippen molar-refractivity contribution in [3.63, 3.8) is 0 Å². The molecule has 1 aromatic heterocycles. The molecule has 1 saturated carbocycles. The number of pyridine rings is 1. The number of aromatic nitrogens is 1. The molecule has 1 saturated heterocycles. The Balaban J connectivity index is 1.14. The maximum atomic E-state index is 14.1. The Labute approximate surface area is 307 Å². The number of hydrogen-bond donors (Lipinski definition) is 3. The van der Waals surface area contributed by atoms with E-state index in [1.807, 2.05) is 54.6 Å². The minimum atomic E-state index is -4.44. The van der Waals surface area contributed by atoms with Crippen molar-refractivity contribution in [3.8, 4) is 22.8 Å². The van der Waals surface area contributed by atoms with Crippen LogP contribution in [-0.2, 0) is 29.2 Å². The molecule has 2 fully saturated rings. The fraction of sp³-hybridized carbons (Fsp3) is 0.359. The number of sulfonamides is 1. The van der Waals surface area contributed by atoms with E-state index in [4.69, 9.17) is 14.5 Å². The topological polar surface area (TPSA) is 173 Å². The van der Waals surface area contributed by atoms with E-state index in [1.54, 1.807) is 13.2 Å². The van der Waals surface area contributed by atoms with E-state index in [0.29, 0.717) is 42.0 Å². The highest BCUT2D eigenvalue weighted by Gasteiger charge is 2.62. The van der Waals surface area contributed by atoms with Crippen LogP contribution in [0.2, 0.25) is 0 Å². The zero-order valence-electron chi connectivity index (χ0n) is 29.5. The van der Waals surface area contributed by atoms with Crippen molar-refractivity contribution in [1.82, 2.24) is 19.9 Å². The summed E-state index contributed by atoms with van der Waals surface area (Å²) in [5.41, 5.74) is 0.780. The molecular formula is C39H41N5O8S. The predicted octanol–water partition coefficient (Wildman–Crippen LogP) is 4.56. The molecule has 0 spiro atoms. The van der Waals surface area contributed by atoms with Crippen molar-refractivity contribution in [2.75, 3.05) is 19.0 Å². The number of nitrogens with one attached hydrogen (secondary N) is 3. The Morgan fingerprint density at radius 2 is 1.75 bits per heavy atom. The second-order valence-corrected chi connectivity index (χ2v) is 15.5. The van der Waals surface area contributed by atoms with Gasteiger partial charge in [0.15, 0.2) is 0 Å². The van der Waals surface area contributed by atoms with E-state index in [9.17, 15) is 27.6 Å². The normalized spacial score (nSPS) is 24.1. The number of ether oxygens (including phenoxy) is 2. The molecular weight excluding hydrogens is 699 g/mol. The number of nitrogens with zero attached hydrogens (tertiary/aromatic N) is 2. The average Bonchev–Trinajstić information content (AvgIpc) is 3.67. The van der Waals surface area contributed by atoms with Gasteiger partial charge in [0.1, 0.15) is 34.1 Å². The number of anilines is 1. The minimum absolute atomic E-state index is 0.0615. The summed E-state index contributed by atoms with van der Waals surface area (Å²) >= 11 is 0. The van der Waals surface area contributed by atoms with Gasteiger partial charge in [-0.25, -0.2) is 18.1 Å². The third kappa shape index (κ3) is 7.41. The number of fused-ring (bicyclic) bond motifs is 3. The monoisotopic (exact) mass is 739 g/mol. The van der Waals surface area contributed by atoms with Crippen molar-refractivity contribution >= 4 is 50.2 Å². The summed E-state index contributed by atoms with van der Waals surface area (Å²) < 4.78 is 41.3. The van der Waals surface area contributed by atoms with Crippen LogP contribution in [0, 0.1) is 5.92 Å². The fourth-order valence-corrected chi connectivity index (χ4v) is 8.63. The van der Waals surface area contributed by atoms with Crippen molar-refractivity contribution in [1.29, 1.82) is 0 Å². The molecule has 4 aromatic rings. The largest absolute Gasteiger partial charge is 0.497 e. The zero-order chi connectivity index (χ0) is 37.3. The van der Waals surface area contributed by atoms with Gasteiger partial charge < -0.3 is 25.0 Å². The van der Waals surface area contributed by atoms with E-state index >= 15 is 0 Å². The first-order valence-corrected chi connectivity index (χ1v) is 19.2. The zero-order valence-corrected chi connectivity index (χ0v) is 30.3. The molecule has 3 aliphatic rings. The Kier molecular flexibility index (Phi) is 9.81. The SMILES string of the molecule is COc1ccc2c(O[C@@H]3C[C@@H](C(=O)N[C@]45C[C@@H]4CCCCCC(=O)Nc4ccccc4S(=O)(=O)NC5=O)N(C(C)=O)C3)cc(-c3ccccc3)nc2c1. The number of amides is 4. The van der Waals surface area contributed by atoms with Gasteiger partial charge in [-0.2, -0.15) is 0 Å². The van der Waals surface area contributed by atoms with Crippen LogP contribution in [0.25, 0.3) is 22.2 Å². The highest BCUT2D eigenvalue weighted by atomic mass is 32.2. The summed E-state index contributed by atoms with van der Waals surface area (Å²) in [6.45, 7) is 1.49. The van der Waals surface area contributed by atoms with Gasteiger partial charge in [0, 0.05) is 42.8 Å². The van der Waals surface area contributed by atoms with Gasteiger partial charge in [0.05, 0.1) is 30.6 Å². The number of benzene rings is 3. The minimum Gasteiger partial charge on any atom is -0.497 e. The molecule has 4 amide bonds. The fourth-order valence-electron chi connectivity index (χ4n) is 7.42. The Morgan fingerprint density at radius 1 is 0.981 bits per heavy atom. The molecule has 3 aromatic carbocycles. The Bertz CT molecular complexity index is 2200. The molecule has 0 radical (unpaired) electrons. The van der Waals surface area contributed by atoms with Gasteiger partial charge in [-0.05, 0) is 49.4 Å². The van der Waals surface area contributed by atoms with Crippen molar-refractivity contribution in [2.24, 2.45) is 5.92 Å². The first kappa shape index (κ1) is 35.9. The molecule has 1 aliphatic carbocycles.